The number of nitrogens with zero attached hydrogens (tertiary/aromatic N) is 1. The Balaban J connectivity index is 2.72. The number of furan rings is 1. The van der Waals surface area contributed by atoms with Crippen LogP contribution >= 0.6 is 0 Å². The first-order valence-electron chi connectivity index (χ1n) is 4.34. The van der Waals surface area contributed by atoms with Crippen molar-refractivity contribution in [3.8, 4) is 0 Å². The molecule has 0 aliphatic carbocycles. The lowest BCUT2D eigenvalue weighted by Gasteiger charge is -1.92. The van der Waals surface area contributed by atoms with Crippen molar-refractivity contribution in [2.75, 3.05) is 0 Å². The molecule has 2 rings (SSSR count). The van der Waals surface area contributed by atoms with Gasteiger partial charge >= 0.3 is 11.9 Å². The van der Waals surface area contributed by atoms with Gasteiger partial charge in [-0.2, -0.15) is 0 Å². The second-order valence-corrected chi connectivity index (χ2v) is 3.52. The molecule has 0 fully saturated rings. The Bertz CT molecular complexity index is 592. The number of benzene rings is 1. The van der Waals surface area contributed by atoms with E-state index in [1.165, 1.54) is 12.3 Å². The molecule has 0 unspecified atom stereocenters. The van der Waals surface area contributed by atoms with Gasteiger partial charge in [0, 0.05) is 17.0 Å². The standard InChI is InChI=1S/C10H6F2NO2S/c1-5-7-2-6(11)3-8(12)10(7)15-9(5)4-13-16-14/h2-4H,1H3/q+1/b13-4-. The van der Waals surface area contributed by atoms with Crippen molar-refractivity contribution < 1.29 is 17.4 Å². The Kier molecular flexibility index (Phi) is 2.74. The van der Waals surface area contributed by atoms with Crippen LogP contribution in [0.25, 0.3) is 11.0 Å². The molecule has 0 aliphatic heterocycles. The van der Waals surface area contributed by atoms with Crippen LogP contribution in [0.5, 0.6) is 0 Å². The van der Waals surface area contributed by atoms with E-state index in [1.807, 2.05) is 0 Å². The van der Waals surface area contributed by atoms with Crippen molar-refractivity contribution in [3.05, 3.63) is 35.1 Å². The average Bonchev–Trinajstić information content (AvgIpc) is 2.54. The van der Waals surface area contributed by atoms with Gasteiger partial charge < -0.3 is 4.42 Å². The third-order valence-corrected chi connectivity index (χ3v) is 2.40. The van der Waals surface area contributed by atoms with Crippen LogP contribution in [0, 0.1) is 18.6 Å². The van der Waals surface area contributed by atoms with Gasteiger partial charge in [-0.25, -0.2) is 8.78 Å². The van der Waals surface area contributed by atoms with Crippen molar-refractivity contribution in [1.82, 2.24) is 0 Å². The highest BCUT2D eigenvalue weighted by Crippen LogP contribution is 2.27. The van der Waals surface area contributed by atoms with E-state index in [9.17, 15) is 13.0 Å². The van der Waals surface area contributed by atoms with Gasteiger partial charge in [-0.3, -0.25) is 0 Å². The third-order valence-electron chi connectivity index (χ3n) is 2.21. The molecule has 0 saturated carbocycles. The van der Waals surface area contributed by atoms with Crippen LogP contribution in [0.4, 0.5) is 8.78 Å². The molecule has 0 atom stereocenters. The van der Waals surface area contributed by atoms with Gasteiger partial charge in [0.1, 0.15) is 12.0 Å². The molecule has 0 saturated heterocycles. The van der Waals surface area contributed by atoms with Gasteiger partial charge in [0.15, 0.2) is 17.2 Å². The molecule has 0 aliphatic rings. The van der Waals surface area contributed by atoms with E-state index in [1.54, 1.807) is 6.92 Å². The maximum Gasteiger partial charge on any atom is 0.652 e. The smallest absolute Gasteiger partial charge is 0.452 e. The van der Waals surface area contributed by atoms with E-state index in [0.717, 1.165) is 6.07 Å². The lowest BCUT2D eigenvalue weighted by atomic mass is 10.1. The van der Waals surface area contributed by atoms with Crippen LogP contribution in [0.3, 0.4) is 0 Å². The molecule has 2 aromatic rings. The minimum Gasteiger partial charge on any atom is -0.452 e. The Labute approximate surface area is 93.4 Å². The van der Waals surface area contributed by atoms with Gasteiger partial charge in [-0.1, -0.05) is 0 Å². The molecule has 0 radical (unpaired) electrons. The molecular weight excluding hydrogens is 236 g/mol. The first kappa shape index (κ1) is 10.8. The Morgan fingerprint density at radius 2 is 2.19 bits per heavy atom. The van der Waals surface area contributed by atoms with E-state index in [2.05, 4.69) is 4.40 Å². The van der Waals surface area contributed by atoms with Crippen LogP contribution in [-0.2, 0) is 16.1 Å². The summed E-state index contributed by atoms with van der Waals surface area (Å²) in [5.74, 6) is -1.19. The zero-order valence-electron chi connectivity index (χ0n) is 8.16. The molecule has 1 heterocycles. The van der Waals surface area contributed by atoms with E-state index in [-0.39, 0.29) is 23.2 Å². The lowest BCUT2D eigenvalue weighted by molar-refractivity contribution is 0.543. The fraction of sp³-hybridized carbons (Fsp3) is 0.100. The summed E-state index contributed by atoms with van der Waals surface area (Å²) in [4.78, 5) is 0. The molecule has 1 aromatic carbocycles. The van der Waals surface area contributed by atoms with Gasteiger partial charge in [0.25, 0.3) is 0 Å². The van der Waals surface area contributed by atoms with Gasteiger partial charge in [-0.05, 0) is 13.0 Å². The van der Waals surface area contributed by atoms with Crippen LogP contribution < -0.4 is 0 Å². The second kappa shape index (κ2) is 4.05. The summed E-state index contributed by atoms with van der Waals surface area (Å²) in [5, 5.41) is 0.342. The van der Waals surface area contributed by atoms with E-state index in [4.69, 9.17) is 4.42 Å². The molecule has 3 nitrogen and oxygen atoms in total. The molecule has 16 heavy (non-hydrogen) atoms. The molecule has 0 bridgehead atoms. The highest BCUT2D eigenvalue weighted by molar-refractivity contribution is 7.64. The topological polar surface area (TPSA) is 42.6 Å². The Morgan fingerprint density at radius 1 is 1.44 bits per heavy atom. The van der Waals surface area contributed by atoms with E-state index in [0.29, 0.717) is 10.9 Å². The number of rotatable bonds is 2. The molecular formula is C10H6F2NO2S+. The summed E-state index contributed by atoms with van der Waals surface area (Å²) in [6, 6.07) is 1.92. The van der Waals surface area contributed by atoms with Crippen molar-refractivity contribution >= 4 is 29.0 Å². The lowest BCUT2D eigenvalue weighted by Crippen LogP contribution is -1.81. The van der Waals surface area contributed by atoms with Crippen LogP contribution in [0.2, 0.25) is 0 Å². The SMILES string of the molecule is Cc1c(/C=N\[S+]=O)oc2c(F)cc(F)cc12. The molecule has 0 N–H and O–H groups in total. The zero-order chi connectivity index (χ0) is 11.7. The first-order valence-corrected chi connectivity index (χ1v) is 5.04. The molecule has 6 heteroatoms. The number of hydrogen-bond acceptors (Lipinski definition) is 2. The van der Waals surface area contributed by atoms with E-state index >= 15 is 0 Å². The number of hydrogen-bond donors (Lipinski definition) is 0. The van der Waals surface area contributed by atoms with Crippen LogP contribution in [0.1, 0.15) is 11.3 Å². The summed E-state index contributed by atoms with van der Waals surface area (Å²) in [6.07, 6.45) is 1.18. The second-order valence-electron chi connectivity index (χ2n) is 3.16. The summed E-state index contributed by atoms with van der Waals surface area (Å²) in [5.41, 5.74) is 0.516. The van der Waals surface area contributed by atoms with Crippen molar-refractivity contribution in [1.29, 1.82) is 0 Å². The van der Waals surface area contributed by atoms with Gasteiger partial charge in [-0.15, -0.1) is 0 Å². The number of halogens is 2. The largest absolute Gasteiger partial charge is 0.652 e. The fourth-order valence-corrected chi connectivity index (χ4v) is 1.59. The normalized spacial score (nSPS) is 11.4. The quantitative estimate of drug-likeness (QED) is 0.461. The number of fused-ring (bicyclic) bond motifs is 1. The summed E-state index contributed by atoms with van der Waals surface area (Å²) >= 11 is 0.0140. The fourth-order valence-electron chi connectivity index (χ4n) is 1.45. The first-order chi connectivity index (χ1) is 7.63. The zero-order valence-corrected chi connectivity index (χ0v) is 8.98. The molecule has 82 valence electrons. The summed E-state index contributed by atoms with van der Waals surface area (Å²) in [7, 11) is 0. The highest BCUT2D eigenvalue weighted by Gasteiger charge is 2.14. The molecule has 1 aromatic heterocycles. The minimum atomic E-state index is -0.771. The predicted molar refractivity (Wildman–Crippen MR) is 56.5 cm³/mol. The molecule has 0 amide bonds. The predicted octanol–water partition coefficient (Wildman–Crippen LogP) is 2.78. The summed E-state index contributed by atoms with van der Waals surface area (Å²) < 4.78 is 44.9. The Hall–Kier alpha value is -1.69. The summed E-state index contributed by atoms with van der Waals surface area (Å²) in [6.45, 7) is 1.64. The van der Waals surface area contributed by atoms with Gasteiger partial charge in [0.05, 0.1) is 8.61 Å². The number of aryl methyl sites for hydroxylation is 1. The Morgan fingerprint density at radius 3 is 2.88 bits per heavy atom. The van der Waals surface area contributed by atoms with Crippen molar-refractivity contribution in [2.24, 2.45) is 4.40 Å². The average molecular weight is 242 g/mol. The van der Waals surface area contributed by atoms with E-state index < -0.39 is 11.6 Å². The monoisotopic (exact) mass is 242 g/mol. The highest BCUT2D eigenvalue weighted by atomic mass is 32.2. The van der Waals surface area contributed by atoms with Gasteiger partial charge in [0.2, 0.25) is 0 Å². The maximum atomic E-state index is 13.3. The minimum absolute atomic E-state index is 0.0140. The maximum absolute atomic E-state index is 13.3. The third kappa shape index (κ3) is 1.71. The van der Waals surface area contributed by atoms with Crippen LogP contribution in [-0.4, -0.2) is 6.21 Å². The van der Waals surface area contributed by atoms with Crippen molar-refractivity contribution in [2.45, 2.75) is 6.92 Å². The molecule has 0 spiro atoms. The van der Waals surface area contributed by atoms with Crippen molar-refractivity contribution in [3.63, 3.8) is 0 Å². The van der Waals surface area contributed by atoms with Crippen LogP contribution in [0.15, 0.2) is 20.9 Å².